The summed E-state index contributed by atoms with van der Waals surface area (Å²) in [6.07, 6.45) is 2.94. The zero-order chi connectivity index (χ0) is 11.6. The van der Waals surface area contributed by atoms with Crippen LogP contribution in [-0.2, 0) is 4.79 Å². The van der Waals surface area contributed by atoms with Gasteiger partial charge in [0.15, 0.2) is 0 Å². The van der Waals surface area contributed by atoms with E-state index in [0.717, 1.165) is 0 Å². The number of nitroso groups, excluding NO2 is 1. The topological polar surface area (TPSA) is 72.5 Å². The van der Waals surface area contributed by atoms with Crippen LogP contribution in [0.1, 0.15) is 20.3 Å². The SMILES string of the molecule is C=C(N)/C=C\C(=C)CC(=O)N=O.CC. The van der Waals surface area contributed by atoms with Crippen LogP contribution in [0.4, 0.5) is 0 Å². The van der Waals surface area contributed by atoms with Crippen molar-refractivity contribution in [3.63, 3.8) is 0 Å². The van der Waals surface area contributed by atoms with Crippen LogP contribution in [-0.4, -0.2) is 5.91 Å². The highest BCUT2D eigenvalue weighted by Gasteiger charge is 2.00. The number of hydrogen-bond donors (Lipinski definition) is 1. The second kappa shape index (κ2) is 9.38. The smallest absolute Gasteiger partial charge is 0.290 e. The Balaban J connectivity index is 0. The van der Waals surface area contributed by atoms with Crippen LogP contribution in [0, 0.1) is 4.91 Å². The van der Waals surface area contributed by atoms with E-state index in [0.29, 0.717) is 11.3 Å². The summed E-state index contributed by atoms with van der Waals surface area (Å²) in [6.45, 7) is 10.9. The zero-order valence-corrected chi connectivity index (χ0v) is 8.62. The standard InChI is InChI=1S/C8H10N2O2.C2H6/c1-6(3-4-7(2)9)5-8(11)10-12;1-2/h3-4H,1-2,5,9H2;1-2H3/b4-3-;. The molecular weight excluding hydrogens is 180 g/mol. The Bertz CT molecular complexity index is 255. The van der Waals surface area contributed by atoms with E-state index in [-0.39, 0.29) is 6.42 Å². The number of rotatable bonds is 4. The largest absolute Gasteiger partial charge is 0.399 e. The molecule has 2 N–H and O–H groups in total. The number of carbonyl (C=O) groups is 1. The Morgan fingerprint density at radius 1 is 1.36 bits per heavy atom. The van der Waals surface area contributed by atoms with Gasteiger partial charge < -0.3 is 5.73 Å². The highest BCUT2D eigenvalue weighted by Crippen LogP contribution is 2.02. The average molecular weight is 196 g/mol. The summed E-state index contributed by atoms with van der Waals surface area (Å²) in [7, 11) is 0. The maximum atomic E-state index is 10.4. The predicted octanol–water partition coefficient (Wildman–Crippen LogP) is 2.28. The Kier molecular flexibility index (Phi) is 9.91. The van der Waals surface area contributed by atoms with Crippen molar-refractivity contribution in [2.75, 3.05) is 0 Å². The molecule has 14 heavy (non-hydrogen) atoms. The Morgan fingerprint density at radius 3 is 2.21 bits per heavy atom. The first-order chi connectivity index (χ1) is 6.56. The van der Waals surface area contributed by atoms with Gasteiger partial charge >= 0.3 is 0 Å². The van der Waals surface area contributed by atoms with E-state index in [9.17, 15) is 9.70 Å². The van der Waals surface area contributed by atoms with Gasteiger partial charge in [-0.2, -0.15) is 0 Å². The first-order valence-electron chi connectivity index (χ1n) is 4.22. The summed E-state index contributed by atoms with van der Waals surface area (Å²) in [6, 6.07) is 0. The molecule has 0 atom stereocenters. The minimum atomic E-state index is -0.743. The molecular formula is C10H16N2O2. The van der Waals surface area contributed by atoms with Crippen LogP contribution in [0.3, 0.4) is 0 Å². The van der Waals surface area contributed by atoms with Crippen molar-refractivity contribution in [3.8, 4) is 0 Å². The van der Waals surface area contributed by atoms with Gasteiger partial charge in [0.05, 0.1) is 6.42 Å². The summed E-state index contributed by atoms with van der Waals surface area (Å²) in [5.41, 5.74) is 6.05. The van der Waals surface area contributed by atoms with Crippen molar-refractivity contribution in [3.05, 3.63) is 41.5 Å². The van der Waals surface area contributed by atoms with Crippen LogP contribution in [0.15, 0.2) is 41.8 Å². The molecule has 0 bridgehead atoms. The van der Waals surface area contributed by atoms with Crippen LogP contribution in [0.25, 0.3) is 0 Å². The molecule has 0 rings (SSSR count). The third-order valence-electron chi connectivity index (χ3n) is 1.01. The van der Waals surface area contributed by atoms with Crippen molar-refractivity contribution in [1.82, 2.24) is 0 Å². The molecule has 0 aromatic heterocycles. The maximum absolute atomic E-state index is 10.4. The lowest BCUT2D eigenvalue weighted by molar-refractivity contribution is -0.117. The monoisotopic (exact) mass is 196 g/mol. The maximum Gasteiger partial charge on any atom is 0.290 e. The summed E-state index contributed by atoms with van der Waals surface area (Å²) >= 11 is 0. The quantitative estimate of drug-likeness (QED) is 0.553. The fraction of sp³-hybridized carbons (Fsp3) is 0.300. The second-order valence-corrected chi connectivity index (χ2v) is 2.23. The lowest BCUT2D eigenvalue weighted by Gasteiger charge is -1.92. The fourth-order valence-corrected chi connectivity index (χ4v) is 0.510. The minimum absolute atomic E-state index is 0.0761. The summed E-state index contributed by atoms with van der Waals surface area (Å²) in [5, 5.41) is 2.22. The van der Waals surface area contributed by atoms with Crippen LogP contribution in [0.5, 0.6) is 0 Å². The molecule has 4 heteroatoms. The fourth-order valence-electron chi connectivity index (χ4n) is 0.510. The number of nitrogens with zero attached hydrogens (tertiary/aromatic N) is 1. The number of hydrogen-bond acceptors (Lipinski definition) is 3. The molecule has 0 saturated heterocycles. The van der Waals surface area contributed by atoms with Crippen molar-refractivity contribution < 1.29 is 4.79 Å². The molecule has 4 nitrogen and oxygen atoms in total. The van der Waals surface area contributed by atoms with Gasteiger partial charge in [0.1, 0.15) is 0 Å². The summed E-state index contributed by atoms with van der Waals surface area (Å²) in [4.78, 5) is 20.1. The van der Waals surface area contributed by atoms with Crippen LogP contribution >= 0.6 is 0 Å². The van der Waals surface area contributed by atoms with Crippen molar-refractivity contribution in [2.45, 2.75) is 20.3 Å². The van der Waals surface area contributed by atoms with Crippen LogP contribution < -0.4 is 5.73 Å². The zero-order valence-electron chi connectivity index (χ0n) is 8.62. The average Bonchev–Trinajstić information content (AvgIpc) is 2.17. The van der Waals surface area contributed by atoms with Gasteiger partial charge in [0.2, 0.25) is 0 Å². The van der Waals surface area contributed by atoms with Crippen molar-refractivity contribution >= 4 is 5.91 Å². The summed E-state index contributed by atoms with van der Waals surface area (Å²) in [5.74, 6) is -0.743. The second-order valence-electron chi connectivity index (χ2n) is 2.23. The van der Waals surface area contributed by atoms with Crippen molar-refractivity contribution in [1.29, 1.82) is 0 Å². The van der Waals surface area contributed by atoms with Gasteiger partial charge in [-0.15, -0.1) is 4.91 Å². The third-order valence-corrected chi connectivity index (χ3v) is 1.01. The highest BCUT2D eigenvalue weighted by molar-refractivity contribution is 5.79. The molecule has 0 radical (unpaired) electrons. The van der Waals surface area contributed by atoms with Crippen LogP contribution in [0.2, 0.25) is 0 Å². The molecule has 0 aliphatic carbocycles. The third kappa shape index (κ3) is 10.3. The molecule has 0 heterocycles. The van der Waals surface area contributed by atoms with Gasteiger partial charge in [-0.1, -0.05) is 33.1 Å². The molecule has 0 fully saturated rings. The Labute approximate surface area is 84.2 Å². The molecule has 0 aromatic rings. The lowest BCUT2D eigenvalue weighted by Crippen LogP contribution is -1.93. The number of carbonyl (C=O) groups excluding carboxylic acids is 1. The molecule has 1 amide bonds. The first-order valence-corrected chi connectivity index (χ1v) is 4.22. The van der Waals surface area contributed by atoms with E-state index in [1.807, 2.05) is 13.8 Å². The minimum Gasteiger partial charge on any atom is -0.399 e. The molecule has 0 unspecified atom stereocenters. The molecule has 0 aliphatic heterocycles. The van der Waals surface area contributed by atoms with E-state index in [1.165, 1.54) is 12.2 Å². The van der Waals surface area contributed by atoms with E-state index >= 15 is 0 Å². The normalized spacial score (nSPS) is 8.71. The van der Waals surface area contributed by atoms with Gasteiger partial charge in [-0.25, -0.2) is 0 Å². The van der Waals surface area contributed by atoms with E-state index in [4.69, 9.17) is 5.73 Å². The van der Waals surface area contributed by atoms with Gasteiger partial charge in [0, 0.05) is 10.9 Å². The molecule has 0 spiro atoms. The van der Waals surface area contributed by atoms with E-state index in [2.05, 4.69) is 18.3 Å². The lowest BCUT2D eigenvalue weighted by atomic mass is 10.2. The van der Waals surface area contributed by atoms with E-state index in [1.54, 1.807) is 0 Å². The number of amides is 1. The number of nitrogens with two attached hydrogens (primary N) is 1. The number of allylic oxidation sites excluding steroid dienone is 2. The first kappa shape index (κ1) is 14.8. The van der Waals surface area contributed by atoms with Crippen molar-refractivity contribution in [2.24, 2.45) is 10.9 Å². The Morgan fingerprint density at radius 2 is 1.86 bits per heavy atom. The van der Waals surface area contributed by atoms with Gasteiger partial charge in [-0.3, -0.25) is 4.79 Å². The molecule has 78 valence electrons. The summed E-state index contributed by atoms with van der Waals surface area (Å²) < 4.78 is 0. The van der Waals surface area contributed by atoms with Gasteiger partial charge in [0.25, 0.3) is 5.91 Å². The van der Waals surface area contributed by atoms with E-state index < -0.39 is 5.91 Å². The molecule has 0 aromatic carbocycles. The Hall–Kier alpha value is -1.71. The highest BCUT2D eigenvalue weighted by atomic mass is 16.3. The molecule has 0 saturated carbocycles. The van der Waals surface area contributed by atoms with Gasteiger partial charge in [-0.05, 0) is 11.6 Å². The predicted molar refractivity (Wildman–Crippen MR) is 58.4 cm³/mol. The molecule has 0 aliphatic rings.